The summed E-state index contributed by atoms with van der Waals surface area (Å²) in [5, 5.41) is 14.2. The van der Waals surface area contributed by atoms with Crippen molar-refractivity contribution in [2.45, 2.75) is 50.9 Å². The minimum Gasteiger partial charge on any atom is -0.475 e. The van der Waals surface area contributed by atoms with Crippen LogP contribution in [0, 0.1) is 5.41 Å². The molecular formula is C33H46F6N4O5. The van der Waals surface area contributed by atoms with E-state index in [9.17, 15) is 31.1 Å². The van der Waals surface area contributed by atoms with Gasteiger partial charge in [-0.3, -0.25) is 9.69 Å². The van der Waals surface area contributed by atoms with Gasteiger partial charge >= 0.3 is 24.3 Å². The molecule has 270 valence electrons. The molecule has 0 radical (unpaired) electrons. The summed E-state index contributed by atoms with van der Waals surface area (Å²) in [6.45, 7) is 6.07. The van der Waals surface area contributed by atoms with E-state index in [0.717, 1.165) is 77.8 Å². The average molecular weight is 693 g/mol. The third-order valence-corrected chi connectivity index (χ3v) is 7.78. The van der Waals surface area contributed by atoms with Crippen LogP contribution in [-0.4, -0.2) is 115 Å². The van der Waals surface area contributed by atoms with E-state index in [-0.39, 0.29) is 5.91 Å². The van der Waals surface area contributed by atoms with Crippen molar-refractivity contribution in [3.8, 4) is 0 Å². The highest BCUT2D eigenvalue weighted by molar-refractivity contribution is 5.83. The number of carbonyl (C=O) groups excluding carboxylic acids is 1. The first-order chi connectivity index (χ1) is 22.4. The SMILES string of the molecule is CN(C)CCN1CCN(C(=O)C(CN)(CCCc2ccccc2)CCCc2ccccc2)CC1.O=C(O)C(F)(F)F.O=C(O)C(F)(F)F. The zero-order valence-corrected chi connectivity index (χ0v) is 27.3. The monoisotopic (exact) mass is 692 g/mol. The van der Waals surface area contributed by atoms with E-state index in [4.69, 9.17) is 25.5 Å². The van der Waals surface area contributed by atoms with E-state index in [2.05, 4.69) is 89.5 Å². The van der Waals surface area contributed by atoms with Crippen molar-refractivity contribution < 1.29 is 50.9 Å². The topological polar surface area (TPSA) is 127 Å². The molecule has 0 aromatic heterocycles. The Morgan fingerprint density at radius 1 is 0.729 bits per heavy atom. The molecule has 0 atom stereocenters. The predicted octanol–water partition coefficient (Wildman–Crippen LogP) is 4.95. The van der Waals surface area contributed by atoms with Gasteiger partial charge in [-0.1, -0.05) is 60.7 Å². The summed E-state index contributed by atoms with van der Waals surface area (Å²) in [5.74, 6) is -5.23. The Bertz CT molecular complexity index is 1150. The number of alkyl halides is 6. The van der Waals surface area contributed by atoms with Crippen LogP contribution in [0.15, 0.2) is 60.7 Å². The standard InChI is InChI=1S/C29H44N4O.2C2HF3O2/c1-31(2)19-20-32-21-23-33(24-22-32)28(34)29(25-30,17-9-15-26-11-5-3-6-12-26)18-10-16-27-13-7-4-8-14-27;2*3-2(4,5)1(6)7/h3-8,11-14H,9-10,15-25,30H2,1-2H3;2*(H,6,7). The highest BCUT2D eigenvalue weighted by Crippen LogP contribution is 2.33. The van der Waals surface area contributed by atoms with Gasteiger partial charge in [0.2, 0.25) is 5.91 Å². The fourth-order valence-electron chi connectivity index (χ4n) is 5.03. The van der Waals surface area contributed by atoms with Gasteiger partial charge in [0, 0.05) is 45.8 Å². The first-order valence-corrected chi connectivity index (χ1v) is 15.5. The smallest absolute Gasteiger partial charge is 0.475 e. The van der Waals surface area contributed by atoms with Gasteiger partial charge in [-0.15, -0.1) is 0 Å². The molecule has 15 heteroatoms. The van der Waals surface area contributed by atoms with Crippen molar-refractivity contribution in [1.29, 1.82) is 0 Å². The van der Waals surface area contributed by atoms with Crippen LogP contribution in [0.3, 0.4) is 0 Å². The quantitative estimate of drug-likeness (QED) is 0.252. The summed E-state index contributed by atoms with van der Waals surface area (Å²) >= 11 is 0. The number of aliphatic carboxylic acids is 2. The van der Waals surface area contributed by atoms with E-state index >= 15 is 0 Å². The fourth-order valence-corrected chi connectivity index (χ4v) is 5.03. The second-order valence-corrected chi connectivity index (χ2v) is 11.7. The van der Waals surface area contributed by atoms with Crippen molar-refractivity contribution in [2.75, 3.05) is 59.9 Å². The molecule has 2 aromatic carbocycles. The van der Waals surface area contributed by atoms with Crippen LogP contribution in [-0.2, 0) is 27.2 Å². The molecule has 1 aliphatic heterocycles. The van der Waals surface area contributed by atoms with Crippen LogP contribution in [0.25, 0.3) is 0 Å². The molecule has 0 aliphatic carbocycles. The van der Waals surface area contributed by atoms with Crippen molar-refractivity contribution >= 4 is 17.8 Å². The molecule has 2 aromatic rings. The number of hydrogen-bond donors (Lipinski definition) is 3. The Morgan fingerprint density at radius 2 is 1.10 bits per heavy atom. The van der Waals surface area contributed by atoms with Gasteiger partial charge in [0.1, 0.15) is 0 Å². The first kappa shape index (κ1) is 42.3. The molecule has 0 unspecified atom stereocenters. The number of carboxylic acids is 2. The van der Waals surface area contributed by atoms with E-state index in [1.807, 2.05) is 0 Å². The van der Waals surface area contributed by atoms with Crippen LogP contribution in [0.2, 0.25) is 0 Å². The lowest BCUT2D eigenvalue weighted by Crippen LogP contribution is -2.55. The molecule has 1 heterocycles. The van der Waals surface area contributed by atoms with E-state index < -0.39 is 29.7 Å². The van der Waals surface area contributed by atoms with Gasteiger partial charge in [-0.2, -0.15) is 26.3 Å². The second kappa shape index (κ2) is 20.6. The zero-order chi connectivity index (χ0) is 36.4. The number of carbonyl (C=O) groups is 3. The number of aryl methyl sites for hydroxylation is 2. The average Bonchev–Trinajstić information content (AvgIpc) is 3.03. The summed E-state index contributed by atoms with van der Waals surface area (Å²) in [7, 11) is 4.22. The maximum absolute atomic E-state index is 13.9. The molecule has 4 N–H and O–H groups in total. The third-order valence-electron chi connectivity index (χ3n) is 7.78. The maximum Gasteiger partial charge on any atom is 0.490 e. The number of rotatable bonds is 13. The summed E-state index contributed by atoms with van der Waals surface area (Å²) in [4.78, 5) is 38.5. The Balaban J connectivity index is 0.000000687. The van der Waals surface area contributed by atoms with Crippen molar-refractivity contribution in [2.24, 2.45) is 11.1 Å². The first-order valence-electron chi connectivity index (χ1n) is 15.5. The Labute approximate surface area is 277 Å². The van der Waals surface area contributed by atoms with Gasteiger partial charge in [0.25, 0.3) is 0 Å². The number of benzene rings is 2. The predicted molar refractivity (Wildman–Crippen MR) is 169 cm³/mol. The fraction of sp³-hybridized carbons (Fsp3) is 0.545. The van der Waals surface area contributed by atoms with Crippen molar-refractivity contribution in [1.82, 2.24) is 14.7 Å². The number of nitrogens with zero attached hydrogens (tertiary/aromatic N) is 3. The van der Waals surface area contributed by atoms with Crippen LogP contribution < -0.4 is 5.73 Å². The van der Waals surface area contributed by atoms with Gasteiger partial charge in [-0.25, -0.2) is 9.59 Å². The number of amides is 1. The molecule has 48 heavy (non-hydrogen) atoms. The number of likely N-dealkylation sites (N-methyl/N-ethyl adjacent to an activating group) is 1. The summed E-state index contributed by atoms with van der Waals surface area (Å²) in [6, 6.07) is 21.2. The van der Waals surface area contributed by atoms with Gasteiger partial charge in [-0.05, 0) is 63.7 Å². The molecule has 9 nitrogen and oxygen atoms in total. The third kappa shape index (κ3) is 16.4. The minimum absolute atomic E-state index is 0.281. The largest absolute Gasteiger partial charge is 0.490 e. The summed E-state index contributed by atoms with van der Waals surface area (Å²) in [5.41, 5.74) is 8.62. The Morgan fingerprint density at radius 3 is 1.42 bits per heavy atom. The molecular weight excluding hydrogens is 646 g/mol. The van der Waals surface area contributed by atoms with E-state index in [1.54, 1.807) is 0 Å². The highest BCUT2D eigenvalue weighted by atomic mass is 19.4. The normalized spacial score (nSPS) is 14.0. The maximum atomic E-state index is 13.9. The van der Waals surface area contributed by atoms with Crippen LogP contribution >= 0.6 is 0 Å². The molecule has 1 aliphatic rings. The molecule has 0 spiro atoms. The van der Waals surface area contributed by atoms with Gasteiger partial charge < -0.3 is 25.7 Å². The second-order valence-electron chi connectivity index (χ2n) is 11.7. The number of nitrogens with two attached hydrogens (primary N) is 1. The van der Waals surface area contributed by atoms with Crippen LogP contribution in [0.4, 0.5) is 26.3 Å². The molecule has 1 saturated heterocycles. The summed E-state index contributed by atoms with van der Waals surface area (Å²) < 4.78 is 63.5. The number of halogens is 6. The lowest BCUT2D eigenvalue weighted by molar-refractivity contribution is -0.193. The lowest BCUT2D eigenvalue weighted by atomic mass is 9.76. The van der Waals surface area contributed by atoms with Gasteiger partial charge in [0.15, 0.2) is 0 Å². The number of piperazine rings is 1. The molecule has 3 rings (SSSR count). The minimum atomic E-state index is -5.08. The zero-order valence-electron chi connectivity index (χ0n) is 27.3. The highest BCUT2D eigenvalue weighted by Gasteiger charge is 2.40. The summed E-state index contributed by atoms with van der Waals surface area (Å²) in [6.07, 6.45) is -4.50. The number of carboxylic acid groups (broad SMARTS) is 2. The van der Waals surface area contributed by atoms with Crippen molar-refractivity contribution in [3.63, 3.8) is 0 Å². The van der Waals surface area contributed by atoms with Crippen LogP contribution in [0.1, 0.15) is 36.8 Å². The van der Waals surface area contributed by atoms with Gasteiger partial charge in [0.05, 0.1) is 5.41 Å². The Kier molecular flexibility index (Phi) is 18.2. The molecule has 1 amide bonds. The van der Waals surface area contributed by atoms with Crippen LogP contribution in [0.5, 0.6) is 0 Å². The molecule has 0 bridgehead atoms. The number of hydrogen-bond acceptors (Lipinski definition) is 6. The van der Waals surface area contributed by atoms with E-state index in [1.165, 1.54) is 11.1 Å². The molecule has 1 fully saturated rings. The van der Waals surface area contributed by atoms with Crippen molar-refractivity contribution in [3.05, 3.63) is 71.8 Å². The van der Waals surface area contributed by atoms with E-state index in [0.29, 0.717) is 6.54 Å². The molecule has 0 saturated carbocycles. The Hall–Kier alpha value is -3.69. The lowest BCUT2D eigenvalue weighted by Gasteiger charge is -2.41.